The highest BCUT2D eigenvalue weighted by atomic mass is 19.4. The normalized spacial score (nSPS) is 25.9. The lowest BCUT2D eigenvalue weighted by atomic mass is 9.99. The van der Waals surface area contributed by atoms with Crippen LogP contribution in [0, 0.1) is 5.92 Å². The minimum Gasteiger partial charge on any atom is -0.357 e. The molecule has 5 nitrogen and oxygen atoms in total. The van der Waals surface area contributed by atoms with E-state index in [0.717, 1.165) is 32.1 Å². The Bertz CT molecular complexity index is 432. The predicted molar refractivity (Wildman–Crippen MR) is 94.9 cm³/mol. The zero-order valence-corrected chi connectivity index (χ0v) is 15.6. The van der Waals surface area contributed by atoms with Crippen molar-refractivity contribution in [1.82, 2.24) is 20.0 Å². The van der Waals surface area contributed by atoms with Crippen molar-refractivity contribution in [2.75, 3.05) is 59.4 Å². The van der Waals surface area contributed by atoms with Crippen molar-refractivity contribution in [3.8, 4) is 0 Å². The van der Waals surface area contributed by atoms with Gasteiger partial charge in [-0.25, -0.2) is 0 Å². The zero-order valence-electron chi connectivity index (χ0n) is 15.6. The predicted octanol–water partition coefficient (Wildman–Crippen LogP) is 1.86. The van der Waals surface area contributed by atoms with Gasteiger partial charge in [0.15, 0.2) is 5.96 Å². The van der Waals surface area contributed by atoms with Gasteiger partial charge in [-0.3, -0.25) is 9.89 Å². The van der Waals surface area contributed by atoms with Crippen LogP contribution >= 0.6 is 0 Å². The SMILES string of the molecule is CCNC(=NCC1CCCN(C)C1)N1CCN(C(C)C(F)(F)F)CC1. The van der Waals surface area contributed by atoms with Gasteiger partial charge in [0, 0.05) is 45.8 Å². The smallest absolute Gasteiger partial charge is 0.357 e. The van der Waals surface area contributed by atoms with E-state index in [9.17, 15) is 13.2 Å². The highest BCUT2D eigenvalue weighted by Crippen LogP contribution is 2.25. The average Bonchev–Trinajstić information content (AvgIpc) is 2.57. The van der Waals surface area contributed by atoms with Crippen LogP contribution in [0.25, 0.3) is 0 Å². The molecule has 0 amide bonds. The maximum atomic E-state index is 12.9. The van der Waals surface area contributed by atoms with Crippen LogP contribution in [0.5, 0.6) is 0 Å². The van der Waals surface area contributed by atoms with Crippen LogP contribution in [-0.2, 0) is 0 Å². The molecule has 2 unspecified atom stereocenters. The number of hydrogen-bond donors (Lipinski definition) is 1. The fourth-order valence-electron chi connectivity index (χ4n) is 3.59. The molecule has 0 aromatic rings. The third-order valence-corrected chi connectivity index (χ3v) is 5.19. The van der Waals surface area contributed by atoms with Crippen LogP contribution < -0.4 is 5.32 Å². The van der Waals surface area contributed by atoms with Gasteiger partial charge in [-0.15, -0.1) is 0 Å². The summed E-state index contributed by atoms with van der Waals surface area (Å²) in [5.74, 6) is 1.41. The molecule has 2 aliphatic rings. The minimum absolute atomic E-state index is 0.414. The van der Waals surface area contributed by atoms with Crippen molar-refractivity contribution in [2.24, 2.45) is 10.9 Å². The molecule has 0 radical (unpaired) electrons. The minimum atomic E-state index is -4.16. The number of halogens is 3. The molecular formula is C17H32F3N5. The van der Waals surface area contributed by atoms with E-state index in [1.165, 1.54) is 24.7 Å². The number of likely N-dealkylation sites (tertiary alicyclic amines) is 1. The van der Waals surface area contributed by atoms with Crippen molar-refractivity contribution in [2.45, 2.75) is 38.9 Å². The van der Waals surface area contributed by atoms with Gasteiger partial charge >= 0.3 is 6.18 Å². The summed E-state index contributed by atoms with van der Waals surface area (Å²) in [7, 11) is 2.14. The third-order valence-electron chi connectivity index (χ3n) is 5.19. The molecular weight excluding hydrogens is 331 g/mol. The van der Waals surface area contributed by atoms with Gasteiger partial charge in [0.25, 0.3) is 0 Å². The molecule has 2 saturated heterocycles. The van der Waals surface area contributed by atoms with E-state index in [1.54, 1.807) is 0 Å². The fraction of sp³-hybridized carbons (Fsp3) is 0.941. The first-order valence-electron chi connectivity index (χ1n) is 9.33. The number of alkyl halides is 3. The topological polar surface area (TPSA) is 34.1 Å². The highest BCUT2D eigenvalue weighted by Gasteiger charge is 2.41. The first-order valence-corrected chi connectivity index (χ1v) is 9.33. The highest BCUT2D eigenvalue weighted by molar-refractivity contribution is 5.80. The van der Waals surface area contributed by atoms with Gasteiger partial charge < -0.3 is 15.1 Å². The van der Waals surface area contributed by atoms with Gasteiger partial charge in [-0.2, -0.15) is 13.2 Å². The average molecular weight is 363 g/mol. The molecule has 0 spiro atoms. The summed E-state index contributed by atoms with van der Waals surface area (Å²) in [4.78, 5) is 10.7. The van der Waals surface area contributed by atoms with Crippen molar-refractivity contribution in [1.29, 1.82) is 0 Å². The van der Waals surface area contributed by atoms with Gasteiger partial charge in [0.1, 0.15) is 6.04 Å². The van der Waals surface area contributed by atoms with Crippen molar-refractivity contribution >= 4 is 5.96 Å². The second kappa shape index (κ2) is 9.07. The van der Waals surface area contributed by atoms with E-state index in [1.807, 2.05) is 6.92 Å². The number of nitrogens with zero attached hydrogens (tertiary/aromatic N) is 4. The Morgan fingerprint density at radius 2 is 1.88 bits per heavy atom. The maximum absolute atomic E-state index is 12.9. The summed E-state index contributed by atoms with van der Waals surface area (Å²) in [6.07, 6.45) is -1.75. The molecule has 2 heterocycles. The van der Waals surface area contributed by atoms with E-state index < -0.39 is 12.2 Å². The number of hydrogen-bond acceptors (Lipinski definition) is 3. The number of nitrogens with one attached hydrogen (secondary N) is 1. The van der Waals surface area contributed by atoms with E-state index in [2.05, 4.69) is 22.2 Å². The Balaban J connectivity index is 1.89. The molecule has 0 bridgehead atoms. The Morgan fingerprint density at radius 1 is 1.20 bits per heavy atom. The lowest BCUT2D eigenvalue weighted by Crippen LogP contribution is -2.56. The Kier molecular flexibility index (Phi) is 7.37. The summed E-state index contributed by atoms with van der Waals surface area (Å²) >= 11 is 0. The lowest BCUT2D eigenvalue weighted by Gasteiger charge is -2.39. The summed E-state index contributed by atoms with van der Waals surface area (Å²) in [5.41, 5.74) is 0. The molecule has 2 aliphatic heterocycles. The molecule has 0 saturated carbocycles. The Morgan fingerprint density at radius 3 is 2.44 bits per heavy atom. The number of piperidine rings is 1. The maximum Gasteiger partial charge on any atom is 0.403 e. The van der Waals surface area contributed by atoms with Crippen LogP contribution in [-0.4, -0.2) is 92.3 Å². The van der Waals surface area contributed by atoms with Crippen molar-refractivity contribution in [3.63, 3.8) is 0 Å². The molecule has 2 atom stereocenters. The number of rotatable bonds is 4. The van der Waals surface area contributed by atoms with Gasteiger partial charge in [-0.1, -0.05) is 0 Å². The number of aliphatic imine (C=N–C) groups is 1. The molecule has 2 fully saturated rings. The lowest BCUT2D eigenvalue weighted by molar-refractivity contribution is -0.181. The zero-order chi connectivity index (χ0) is 18.4. The van der Waals surface area contributed by atoms with E-state index >= 15 is 0 Å². The van der Waals surface area contributed by atoms with Crippen LogP contribution in [0.1, 0.15) is 26.7 Å². The molecule has 1 N–H and O–H groups in total. The summed E-state index contributed by atoms with van der Waals surface area (Å²) in [5, 5.41) is 3.30. The second-order valence-corrected chi connectivity index (χ2v) is 7.21. The van der Waals surface area contributed by atoms with Gasteiger partial charge in [-0.05, 0) is 46.2 Å². The second-order valence-electron chi connectivity index (χ2n) is 7.21. The Labute approximate surface area is 149 Å². The largest absolute Gasteiger partial charge is 0.403 e. The van der Waals surface area contributed by atoms with Crippen LogP contribution in [0.15, 0.2) is 4.99 Å². The monoisotopic (exact) mass is 363 g/mol. The Hall–Kier alpha value is -1.02. The molecule has 8 heteroatoms. The molecule has 2 rings (SSSR count). The molecule has 146 valence electrons. The van der Waals surface area contributed by atoms with Crippen LogP contribution in [0.4, 0.5) is 13.2 Å². The molecule has 0 aromatic carbocycles. The summed E-state index contributed by atoms with van der Waals surface area (Å²) < 4.78 is 38.6. The first kappa shape index (κ1) is 20.3. The van der Waals surface area contributed by atoms with Gasteiger partial charge in [0.05, 0.1) is 0 Å². The summed E-state index contributed by atoms with van der Waals surface area (Å²) in [6.45, 7) is 9.02. The van der Waals surface area contributed by atoms with Gasteiger partial charge in [0.2, 0.25) is 0 Å². The fourth-order valence-corrected chi connectivity index (χ4v) is 3.59. The van der Waals surface area contributed by atoms with Crippen molar-refractivity contribution < 1.29 is 13.2 Å². The first-order chi connectivity index (χ1) is 11.8. The number of piperazine rings is 1. The molecule has 0 aromatic heterocycles. The van der Waals surface area contributed by atoms with E-state index in [-0.39, 0.29) is 0 Å². The standard InChI is InChI=1S/C17H32F3N5/c1-4-21-16(22-12-15-6-5-7-23(3)13-15)25-10-8-24(9-11-25)14(2)17(18,19)20/h14-15H,4-13H2,1-3H3,(H,21,22). The van der Waals surface area contributed by atoms with Crippen LogP contribution in [0.3, 0.4) is 0 Å². The van der Waals surface area contributed by atoms with Crippen molar-refractivity contribution in [3.05, 3.63) is 0 Å². The van der Waals surface area contributed by atoms with Crippen LogP contribution in [0.2, 0.25) is 0 Å². The summed E-state index contributed by atoms with van der Waals surface area (Å²) in [6, 6.07) is -1.38. The van der Waals surface area contributed by atoms with E-state index in [4.69, 9.17) is 4.99 Å². The molecule has 25 heavy (non-hydrogen) atoms. The third kappa shape index (κ3) is 6.02. The van der Waals surface area contributed by atoms with E-state index in [0.29, 0.717) is 32.1 Å². The number of guanidine groups is 1. The quantitative estimate of drug-likeness (QED) is 0.611. The molecule has 0 aliphatic carbocycles.